The largest absolute Gasteiger partial charge is 0.326 e. The molecular formula is C16H17ClF2N2O2S. The highest BCUT2D eigenvalue weighted by molar-refractivity contribution is 7.89. The molecule has 4 nitrogen and oxygen atoms in total. The van der Waals surface area contributed by atoms with Gasteiger partial charge in [0.15, 0.2) is 0 Å². The molecule has 0 aromatic heterocycles. The minimum absolute atomic E-state index is 0. The van der Waals surface area contributed by atoms with Crippen LogP contribution in [-0.2, 0) is 10.0 Å². The van der Waals surface area contributed by atoms with Crippen LogP contribution in [0.4, 0.5) is 8.78 Å². The van der Waals surface area contributed by atoms with Crippen molar-refractivity contribution in [1.29, 1.82) is 0 Å². The molecule has 8 heteroatoms. The number of rotatable bonds is 3. The molecule has 1 saturated heterocycles. The van der Waals surface area contributed by atoms with Crippen LogP contribution in [0.5, 0.6) is 0 Å². The number of nitrogens with two attached hydrogens (primary N) is 1. The Morgan fingerprint density at radius 3 is 2.38 bits per heavy atom. The molecule has 0 saturated carbocycles. The van der Waals surface area contributed by atoms with Crippen LogP contribution in [0.25, 0.3) is 0 Å². The van der Waals surface area contributed by atoms with Crippen LogP contribution >= 0.6 is 12.4 Å². The van der Waals surface area contributed by atoms with Crippen molar-refractivity contribution < 1.29 is 17.2 Å². The average molecular weight is 375 g/mol. The molecule has 0 aliphatic carbocycles. The molecular weight excluding hydrogens is 358 g/mol. The summed E-state index contributed by atoms with van der Waals surface area (Å²) in [5.41, 5.74) is 7.00. The monoisotopic (exact) mass is 374 g/mol. The molecule has 1 aliphatic heterocycles. The molecule has 1 fully saturated rings. The lowest BCUT2D eigenvalue weighted by Gasteiger charge is -2.17. The van der Waals surface area contributed by atoms with Crippen LogP contribution in [0.1, 0.15) is 11.5 Å². The Labute approximate surface area is 145 Å². The van der Waals surface area contributed by atoms with E-state index in [9.17, 15) is 17.2 Å². The number of sulfonamides is 1. The lowest BCUT2D eigenvalue weighted by molar-refractivity contribution is 0.461. The van der Waals surface area contributed by atoms with Crippen molar-refractivity contribution in [3.05, 3.63) is 65.7 Å². The zero-order valence-corrected chi connectivity index (χ0v) is 14.2. The Morgan fingerprint density at radius 2 is 1.71 bits per heavy atom. The number of nitrogens with zero attached hydrogens (tertiary/aromatic N) is 1. The Balaban J connectivity index is 0.00000208. The van der Waals surface area contributed by atoms with E-state index < -0.39 is 32.6 Å². The first-order chi connectivity index (χ1) is 10.9. The third-order valence-electron chi connectivity index (χ3n) is 4.07. The fraction of sp³-hybridized carbons (Fsp3) is 0.250. The van der Waals surface area contributed by atoms with Gasteiger partial charge in [0.2, 0.25) is 10.0 Å². The molecule has 1 heterocycles. The summed E-state index contributed by atoms with van der Waals surface area (Å²) < 4.78 is 53.4. The maximum absolute atomic E-state index is 13.8. The molecule has 130 valence electrons. The predicted molar refractivity (Wildman–Crippen MR) is 89.5 cm³/mol. The molecule has 0 spiro atoms. The lowest BCUT2D eigenvalue weighted by Crippen LogP contribution is -2.32. The first-order valence-electron chi connectivity index (χ1n) is 7.15. The molecule has 2 N–H and O–H groups in total. The average Bonchev–Trinajstić information content (AvgIpc) is 2.93. The molecule has 2 aromatic carbocycles. The molecule has 3 rings (SSSR count). The number of hydrogen-bond donors (Lipinski definition) is 1. The highest BCUT2D eigenvalue weighted by Gasteiger charge is 2.39. The van der Waals surface area contributed by atoms with E-state index in [1.54, 1.807) is 0 Å². The summed E-state index contributed by atoms with van der Waals surface area (Å²) in [7, 11) is -4.13. The summed E-state index contributed by atoms with van der Waals surface area (Å²) in [5, 5.41) is 0. The van der Waals surface area contributed by atoms with Crippen LogP contribution < -0.4 is 5.73 Å². The van der Waals surface area contributed by atoms with Crippen molar-refractivity contribution in [2.24, 2.45) is 5.73 Å². The van der Waals surface area contributed by atoms with E-state index in [-0.39, 0.29) is 31.4 Å². The predicted octanol–water partition coefficient (Wildman–Crippen LogP) is 2.50. The van der Waals surface area contributed by atoms with Gasteiger partial charge in [-0.2, -0.15) is 4.31 Å². The first kappa shape index (κ1) is 18.8. The number of hydrogen-bond acceptors (Lipinski definition) is 3. The second-order valence-electron chi connectivity index (χ2n) is 5.58. The van der Waals surface area contributed by atoms with E-state index in [1.807, 2.05) is 30.3 Å². The lowest BCUT2D eigenvalue weighted by atomic mass is 9.95. The van der Waals surface area contributed by atoms with Crippen molar-refractivity contribution in [3.8, 4) is 0 Å². The van der Waals surface area contributed by atoms with Crippen LogP contribution in [-0.4, -0.2) is 31.9 Å². The van der Waals surface area contributed by atoms with E-state index >= 15 is 0 Å². The SMILES string of the molecule is Cl.N[C@@H]1CN(S(=O)(=O)c2cc(F)ccc2F)C[C@H]1c1ccccc1. The van der Waals surface area contributed by atoms with Crippen LogP contribution in [0.15, 0.2) is 53.4 Å². The van der Waals surface area contributed by atoms with Gasteiger partial charge in [-0.3, -0.25) is 0 Å². The summed E-state index contributed by atoms with van der Waals surface area (Å²) in [4.78, 5) is -0.654. The van der Waals surface area contributed by atoms with Crippen molar-refractivity contribution in [3.63, 3.8) is 0 Å². The van der Waals surface area contributed by atoms with E-state index in [4.69, 9.17) is 5.73 Å². The summed E-state index contributed by atoms with van der Waals surface area (Å²) in [6.07, 6.45) is 0. The van der Waals surface area contributed by atoms with E-state index in [0.29, 0.717) is 6.07 Å². The summed E-state index contributed by atoms with van der Waals surface area (Å²) >= 11 is 0. The molecule has 0 radical (unpaired) electrons. The van der Waals surface area contributed by atoms with Gasteiger partial charge in [-0.05, 0) is 23.8 Å². The fourth-order valence-corrected chi connectivity index (χ4v) is 4.43. The van der Waals surface area contributed by atoms with Crippen LogP contribution in [0, 0.1) is 11.6 Å². The van der Waals surface area contributed by atoms with Gasteiger partial charge in [-0.25, -0.2) is 17.2 Å². The summed E-state index contributed by atoms with van der Waals surface area (Å²) in [5.74, 6) is -1.95. The Hall–Kier alpha value is -1.54. The van der Waals surface area contributed by atoms with Crippen LogP contribution in [0.3, 0.4) is 0 Å². The van der Waals surface area contributed by atoms with Gasteiger partial charge >= 0.3 is 0 Å². The van der Waals surface area contributed by atoms with Gasteiger partial charge in [0.1, 0.15) is 16.5 Å². The van der Waals surface area contributed by atoms with E-state index in [1.165, 1.54) is 0 Å². The van der Waals surface area contributed by atoms with E-state index in [0.717, 1.165) is 22.0 Å². The molecule has 2 aromatic rings. The zero-order chi connectivity index (χ0) is 16.6. The van der Waals surface area contributed by atoms with Gasteiger partial charge in [0.25, 0.3) is 0 Å². The molecule has 0 bridgehead atoms. The Morgan fingerprint density at radius 1 is 1.04 bits per heavy atom. The number of benzene rings is 2. The first-order valence-corrected chi connectivity index (χ1v) is 8.59. The minimum atomic E-state index is -4.13. The zero-order valence-electron chi connectivity index (χ0n) is 12.6. The highest BCUT2D eigenvalue weighted by Crippen LogP contribution is 2.31. The summed E-state index contributed by atoms with van der Waals surface area (Å²) in [6.45, 7) is 0.210. The highest BCUT2D eigenvalue weighted by atomic mass is 35.5. The normalized spacial score (nSPS) is 21.5. The number of halogens is 3. The Bertz CT molecular complexity index is 818. The van der Waals surface area contributed by atoms with Crippen molar-refractivity contribution >= 4 is 22.4 Å². The fourth-order valence-electron chi connectivity index (χ4n) is 2.85. The van der Waals surface area contributed by atoms with Gasteiger partial charge in [-0.15, -0.1) is 12.4 Å². The standard InChI is InChI=1S/C16H16F2N2O2S.ClH/c17-12-6-7-14(18)16(8-12)23(21,22)20-9-13(15(19)10-20)11-4-2-1-3-5-11;/h1-8,13,15H,9-10,19H2;1H/t13-,15+;/m0./s1. The van der Waals surface area contributed by atoms with Crippen molar-refractivity contribution in [2.45, 2.75) is 16.9 Å². The topological polar surface area (TPSA) is 63.4 Å². The van der Waals surface area contributed by atoms with Crippen molar-refractivity contribution in [1.82, 2.24) is 4.31 Å². The third kappa shape index (κ3) is 3.44. The molecule has 0 unspecified atom stereocenters. The molecule has 1 aliphatic rings. The smallest absolute Gasteiger partial charge is 0.246 e. The molecule has 2 atom stereocenters. The van der Waals surface area contributed by atoms with Gasteiger partial charge in [-0.1, -0.05) is 30.3 Å². The van der Waals surface area contributed by atoms with Crippen LogP contribution in [0.2, 0.25) is 0 Å². The van der Waals surface area contributed by atoms with Crippen molar-refractivity contribution in [2.75, 3.05) is 13.1 Å². The van der Waals surface area contributed by atoms with Gasteiger partial charge in [0, 0.05) is 25.0 Å². The third-order valence-corrected chi connectivity index (χ3v) is 5.92. The molecule has 24 heavy (non-hydrogen) atoms. The second-order valence-corrected chi connectivity index (χ2v) is 7.48. The second kappa shape index (κ2) is 7.14. The quantitative estimate of drug-likeness (QED) is 0.897. The van der Waals surface area contributed by atoms with E-state index in [2.05, 4.69) is 0 Å². The van der Waals surface area contributed by atoms with Gasteiger partial charge in [0.05, 0.1) is 0 Å². The summed E-state index contributed by atoms with van der Waals surface area (Å²) in [6, 6.07) is 11.3. The molecule has 0 amide bonds. The maximum atomic E-state index is 13.8. The minimum Gasteiger partial charge on any atom is -0.326 e. The Kier molecular flexibility index (Phi) is 5.59. The van der Waals surface area contributed by atoms with Gasteiger partial charge < -0.3 is 5.73 Å². The maximum Gasteiger partial charge on any atom is 0.246 e.